The SMILES string of the molecule is C=C(Nc1ccc(C)cc1)c1cc(NC(=C)C2C(c3cc(Cl)cc(Cl)c3)C2(C)C)ccc1Cl. The average Bonchev–Trinajstić information content (AvgIpc) is 3.32. The molecule has 5 heteroatoms. The Balaban J connectivity index is 1.50. The van der Waals surface area contributed by atoms with Crippen LogP contribution in [0, 0.1) is 18.3 Å². The molecule has 0 radical (unpaired) electrons. The molecule has 2 atom stereocenters. The van der Waals surface area contributed by atoms with E-state index < -0.39 is 0 Å². The molecule has 170 valence electrons. The van der Waals surface area contributed by atoms with E-state index in [0.29, 0.717) is 21.0 Å². The summed E-state index contributed by atoms with van der Waals surface area (Å²) in [7, 11) is 0. The second-order valence-corrected chi connectivity index (χ2v) is 10.6. The number of allylic oxidation sites excluding steroid dienone is 1. The molecule has 1 aliphatic carbocycles. The zero-order valence-electron chi connectivity index (χ0n) is 19.0. The van der Waals surface area contributed by atoms with Crippen LogP contribution in [-0.4, -0.2) is 0 Å². The molecule has 0 amide bonds. The fourth-order valence-electron chi connectivity index (χ4n) is 4.64. The van der Waals surface area contributed by atoms with E-state index in [4.69, 9.17) is 34.8 Å². The lowest BCUT2D eigenvalue weighted by Crippen LogP contribution is -2.05. The highest BCUT2D eigenvalue weighted by molar-refractivity contribution is 6.34. The van der Waals surface area contributed by atoms with Crippen LogP contribution in [0.1, 0.15) is 36.5 Å². The van der Waals surface area contributed by atoms with E-state index in [9.17, 15) is 0 Å². The molecule has 0 aliphatic heterocycles. The van der Waals surface area contributed by atoms with Gasteiger partial charge in [-0.25, -0.2) is 0 Å². The normalized spacial score (nSPS) is 18.5. The summed E-state index contributed by atoms with van der Waals surface area (Å²) in [6, 6.07) is 19.7. The smallest absolute Gasteiger partial charge is 0.0500 e. The number of halogens is 3. The van der Waals surface area contributed by atoms with Gasteiger partial charge in [0.25, 0.3) is 0 Å². The predicted molar refractivity (Wildman–Crippen MR) is 145 cm³/mol. The highest BCUT2D eigenvalue weighted by Gasteiger charge is 2.59. The summed E-state index contributed by atoms with van der Waals surface area (Å²) in [4.78, 5) is 0. The topological polar surface area (TPSA) is 24.1 Å². The quantitative estimate of drug-likeness (QED) is 0.339. The van der Waals surface area contributed by atoms with E-state index in [0.717, 1.165) is 33.9 Å². The Morgan fingerprint density at radius 3 is 2.06 bits per heavy atom. The minimum atomic E-state index is 0.0456. The van der Waals surface area contributed by atoms with Crippen molar-refractivity contribution in [2.75, 3.05) is 10.6 Å². The van der Waals surface area contributed by atoms with Gasteiger partial charge < -0.3 is 10.6 Å². The third-order valence-electron chi connectivity index (χ3n) is 6.39. The van der Waals surface area contributed by atoms with Crippen LogP contribution in [0.3, 0.4) is 0 Å². The zero-order chi connectivity index (χ0) is 23.9. The molecule has 0 saturated heterocycles. The molecule has 33 heavy (non-hydrogen) atoms. The maximum absolute atomic E-state index is 6.50. The van der Waals surface area contributed by atoms with Crippen LogP contribution in [0.5, 0.6) is 0 Å². The fraction of sp³-hybridized carbons (Fsp3) is 0.214. The minimum Gasteiger partial charge on any atom is -0.359 e. The van der Waals surface area contributed by atoms with Crippen molar-refractivity contribution in [3.8, 4) is 0 Å². The van der Waals surface area contributed by atoms with Gasteiger partial charge in [-0.3, -0.25) is 0 Å². The molecule has 0 bridgehead atoms. The van der Waals surface area contributed by atoms with Gasteiger partial charge in [0.05, 0.1) is 5.02 Å². The van der Waals surface area contributed by atoms with E-state index in [2.05, 4.69) is 56.7 Å². The lowest BCUT2D eigenvalue weighted by molar-refractivity contribution is 0.585. The number of aryl methyl sites for hydroxylation is 1. The summed E-state index contributed by atoms with van der Waals surface area (Å²) >= 11 is 19.0. The van der Waals surface area contributed by atoms with Gasteiger partial charge in [0.1, 0.15) is 0 Å². The lowest BCUT2D eigenvalue weighted by Gasteiger charge is -2.15. The van der Waals surface area contributed by atoms with Gasteiger partial charge in [0.15, 0.2) is 0 Å². The third-order valence-corrected chi connectivity index (χ3v) is 7.16. The first-order chi connectivity index (χ1) is 15.6. The van der Waals surface area contributed by atoms with Crippen LogP contribution in [0.2, 0.25) is 15.1 Å². The van der Waals surface area contributed by atoms with Crippen molar-refractivity contribution in [3.63, 3.8) is 0 Å². The highest BCUT2D eigenvalue weighted by Crippen LogP contribution is 2.67. The van der Waals surface area contributed by atoms with E-state index >= 15 is 0 Å². The second kappa shape index (κ2) is 9.10. The standard InChI is InChI=1S/C28H27Cl3N2/c1-16-6-8-22(9-7-16)32-17(2)24-15-23(10-11-25(24)31)33-18(3)26-27(28(26,4)5)19-12-20(29)14-21(30)13-19/h6-15,26-27,32-33H,2-3H2,1,4-5H3. The van der Waals surface area contributed by atoms with Crippen LogP contribution >= 0.6 is 34.8 Å². The number of benzene rings is 3. The number of anilines is 2. The third kappa shape index (κ3) is 5.09. The fourth-order valence-corrected chi connectivity index (χ4v) is 5.42. The van der Waals surface area contributed by atoms with Gasteiger partial charge in [0.2, 0.25) is 0 Å². The van der Waals surface area contributed by atoms with Gasteiger partial charge in [-0.1, -0.05) is 79.5 Å². The largest absolute Gasteiger partial charge is 0.359 e. The first-order valence-corrected chi connectivity index (χ1v) is 11.9. The van der Waals surface area contributed by atoms with E-state index in [-0.39, 0.29) is 11.3 Å². The molecule has 1 aliphatic rings. The maximum Gasteiger partial charge on any atom is 0.0500 e. The number of rotatable bonds is 7. The average molecular weight is 498 g/mol. The van der Waals surface area contributed by atoms with Gasteiger partial charge in [-0.2, -0.15) is 0 Å². The van der Waals surface area contributed by atoms with Crippen molar-refractivity contribution in [1.82, 2.24) is 0 Å². The van der Waals surface area contributed by atoms with Crippen LogP contribution in [0.4, 0.5) is 11.4 Å². The Morgan fingerprint density at radius 2 is 1.42 bits per heavy atom. The lowest BCUT2D eigenvalue weighted by atomic mass is 10.0. The molecule has 3 aromatic carbocycles. The van der Waals surface area contributed by atoms with Crippen molar-refractivity contribution in [2.45, 2.75) is 26.7 Å². The van der Waals surface area contributed by atoms with Crippen LogP contribution in [0.15, 0.2) is 79.5 Å². The van der Waals surface area contributed by atoms with Crippen LogP contribution < -0.4 is 10.6 Å². The summed E-state index contributed by atoms with van der Waals surface area (Å²) in [6.07, 6.45) is 0. The molecular formula is C28H27Cl3N2. The Hall–Kier alpha value is -2.39. The maximum atomic E-state index is 6.50. The van der Waals surface area contributed by atoms with Gasteiger partial charge in [0, 0.05) is 44.3 Å². The number of hydrogen-bond donors (Lipinski definition) is 2. The summed E-state index contributed by atoms with van der Waals surface area (Å²) in [5.74, 6) is 0.540. The van der Waals surface area contributed by atoms with E-state index in [1.54, 1.807) is 6.07 Å². The first kappa shape index (κ1) is 23.8. The zero-order valence-corrected chi connectivity index (χ0v) is 21.2. The molecule has 3 aromatic rings. The molecular weight excluding hydrogens is 471 g/mol. The highest BCUT2D eigenvalue weighted by atomic mass is 35.5. The first-order valence-electron chi connectivity index (χ1n) is 10.8. The molecule has 2 nitrogen and oxygen atoms in total. The summed E-state index contributed by atoms with van der Waals surface area (Å²) < 4.78 is 0. The van der Waals surface area contributed by atoms with Crippen molar-refractivity contribution in [1.29, 1.82) is 0 Å². The molecule has 1 saturated carbocycles. The second-order valence-electron chi connectivity index (χ2n) is 9.29. The Morgan fingerprint density at radius 1 is 0.818 bits per heavy atom. The molecule has 2 N–H and O–H groups in total. The Kier molecular flexibility index (Phi) is 6.55. The summed E-state index contributed by atoms with van der Waals surface area (Å²) in [6.45, 7) is 15.1. The van der Waals surface area contributed by atoms with E-state index in [1.165, 1.54) is 5.56 Å². The van der Waals surface area contributed by atoms with Gasteiger partial charge in [-0.15, -0.1) is 0 Å². The van der Waals surface area contributed by atoms with Crippen molar-refractivity contribution >= 4 is 51.9 Å². The van der Waals surface area contributed by atoms with Crippen molar-refractivity contribution in [3.05, 3.63) is 111 Å². The number of nitrogens with one attached hydrogen (secondary N) is 2. The number of hydrogen-bond acceptors (Lipinski definition) is 2. The van der Waals surface area contributed by atoms with Crippen LogP contribution in [-0.2, 0) is 0 Å². The molecule has 4 rings (SSSR count). The molecule has 0 aromatic heterocycles. The van der Waals surface area contributed by atoms with E-state index in [1.807, 2.05) is 42.5 Å². The van der Waals surface area contributed by atoms with Gasteiger partial charge in [-0.05, 0) is 72.4 Å². The predicted octanol–water partition coefficient (Wildman–Crippen LogP) is 9.40. The molecule has 1 fully saturated rings. The molecule has 2 unspecified atom stereocenters. The van der Waals surface area contributed by atoms with Crippen molar-refractivity contribution in [2.24, 2.45) is 11.3 Å². The van der Waals surface area contributed by atoms with Gasteiger partial charge >= 0.3 is 0 Å². The van der Waals surface area contributed by atoms with Crippen molar-refractivity contribution < 1.29 is 0 Å². The molecule has 0 spiro atoms. The molecule has 0 heterocycles. The summed E-state index contributed by atoms with van der Waals surface area (Å²) in [5, 5.41) is 8.77. The summed E-state index contributed by atoms with van der Waals surface area (Å²) in [5.41, 5.74) is 6.78. The minimum absolute atomic E-state index is 0.0456. The monoisotopic (exact) mass is 496 g/mol. The van der Waals surface area contributed by atoms with Crippen LogP contribution in [0.25, 0.3) is 5.70 Å². The Bertz CT molecular complexity index is 1210. The Labute approximate surface area is 211 Å².